The first-order valence-corrected chi connectivity index (χ1v) is 8.06. The van der Waals surface area contributed by atoms with Crippen LogP contribution in [0.15, 0.2) is 24.3 Å². The van der Waals surface area contributed by atoms with E-state index in [1.165, 1.54) is 0 Å². The Morgan fingerprint density at radius 2 is 2.00 bits per heavy atom. The van der Waals surface area contributed by atoms with Gasteiger partial charge in [0.25, 0.3) is 0 Å². The van der Waals surface area contributed by atoms with Crippen LogP contribution in [0.3, 0.4) is 0 Å². The zero-order valence-electron chi connectivity index (χ0n) is 12.9. The van der Waals surface area contributed by atoms with Crippen LogP contribution in [0.4, 0.5) is 0 Å². The molecule has 0 unspecified atom stereocenters. The number of hydrogen-bond donors (Lipinski definition) is 1. The highest BCUT2D eigenvalue weighted by molar-refractivity contribution is 7.16. The van der Waals surface area contributed by atoms with Crippen LogP contribution in [0.1, 0.15) is 24.5 Å². The molecular weight excluding hydrogens is 298 g/mol. The van der Waals surface area contributed by atoms with Crippen LogP contribution in [-0.4, -0.2) is 26.8 Å². The van der Waals surface area contributed by atoms with Crippen LogP contribution >= 0.6 is 11.3 Å². The molecule has 0 saturated heterocycles. The standard InChI is InChI=1S/C16H19N3O2S/c1-10(2)8-14-18-19-13(9-20)15(17-16(19)22-14)11-4-6-12(21-3)7-5-11/h4-7,10,20H,8-9H2,1-3H3. The van der Waals surface area contributed by atoms with Crippen molar-refractivity contribution in [1.82, 2.24) is 14.6 Å². The van der Waals surface area contributed by atoms with E-state index in [4.69, 9.17) is 4.74 Å². The van der Waals surface area contributed by atoms with Crippen molar-refractivity contribution in [2.45, 2.75) is 26.9 Å². The van der Waals surface area contributed by atoms with E-state index in [1.54, 1.807) is 23.0 Å². The summed E-state index contributed by atoms with van der Waals surface area (Å²) in [5.41, 5.74) is 2.46. The van der Waals surface area contributed by atoms with Crippen LogP contribution in [0, 0.1) is 5.92 Å². The Bertz CT molecular complexity index is 775. The Balaban J connectivity index is 2.03. The van der Waals surface area contributed by atoms with Crippen molar-refractivity contribution >= 4 is 16.3 Å². The highest BCUT2D eigenvalue weighted by atomic mass is 32.1. The van der Waals surface area contributed by atoms with Gasteiger partial charge in [0.1, 0.15) is 10.8 Å². The van der Waals surface area contributed by atoms with Gasteiger partial charge in [0.2, 0.25) is 4.96 Å². The maximum atomic E-state index is 9.74. The molecule has 0 aliphatic carbocycles. The van der Waals surface area contributed by atoms with Crippen LogP contribution in [-0.2, 0) is 13.0 Å². The van der Waals surface area contributed by atoms with Gasteiger partial charge in [-0.2, -0.15) is 5.10 Å². The van der Waals surface area contributed by atoms with E-state index in [0.29, 0.717) is 5.92 Å². The van der Waals surface area contributed by atoms with Crippen molar-refractivity contribution in [2.24, 2.45) is 5.92 Å². The van der Waals surface area contributed by atoms with Gasteiger partial charge in [-0.25, -0.2) is 9.50 Å². The number of rotatable bonds is 5. The maximum Gasteiger partial charge on any atom is 0.213 e. The number of aliphatic hydroxyl groups is 1. The molecule has 0 atom stereocenters. The third-order valence-electron chi connectivity index (χ3n) is 3.43. The molecule has 0 aliphatic heterocycles. The zero-order valence-corrected chi connectivity index (χ0v) is 13.7. The Kier molecular flexibility index (Phi) is 4.13. The van der Waals surface area contributed by atoms with Gasteiger partial charge in [0.15, 0.2) is 0 Å². The third kappa shape index (κ3) is 2.71. The van der Waals surface area contributed by atoms with E-state index in [1.807, 2.05) is 24.3 Å². The molecule has 3 aromatic rings. The molecule has 0 radical (unpaired) electrons. The molecule has 1 N–H and O–H groups in total. The molecule has 0 fully saturated rings. The summed E-state index contributed by atoms with van der Waals surface area (Å²) >= 11 is 1.58. The summed E-state index contributed by atoms with van der Waals surface area (Å²) in [4.78, 5) is 5.48. The van der Waals surface area contributed by atoms with E-state index in [2.05, 4.69) is 23.9 Å². The van der Waals surface area contributed by atoms with Crippen molar-refractivity contribution in [3.63, 3.8) is 0 Å². The van der Waals surface area contributed by atoms with Gasteiger partial charge in [-0.15, -0.1) is 0 Å². The second kappa shape index (κ2) is 6.06. The van der Waals surface area contributed by atoms with Gasteiger partial charge in [0, 0.05) is 12.0 Å². The number of aromatic nitrogens is 3. The van der Waals surface area contributed by atoms with E-state index >= 15 is 0 Å². The average molecular weight is 317 g/mol. The fourth-order valence-corrected chi connectivity index (χ4v) is 3.51. The molecule has 116 valence electrons. The first-order chi connectivity index (χ1) is 10.6. The molecule has 0 bridgehead atoms. The Labute approximate surface area is 133 Å². The van der Waals surface area contributed by atoms with Crippen molar-refractivity contribution in [2.75, 3.05) is 7.11 Å². The van der Waals surface area contributed by atoms with E-state index in [9.17, 15) is 5.11 Å². The summed E-state index contributed by atoms with van der Waals surface area (Å²) in [5, 5.41) is 15.4. The summed E-state index contributed by atoms with van der Waals surface area (Å²) in [6.45, 7) is 4.24. The van der Waals surface area contributed by atoms with Crippen LogP contribution < -0.4 is 4.74 Å². The lowest BCUT2D eigenvalue weighted by atomic mass is 10.1. The predicted octanol–water partition coefficient (Wildman–Crippen LogP) is 3.16. The highest BCUT2D eigenvalue weighted by Gasteiger charge is 2.17. The number of methoxy groups -OCH3 is 1. The Morgan fingerprint density at radius 3 is 2.59 bits per heavy atom. The number of imidazole rings is 1. The minimum atomic E-state index is -0.0899. The first kappa shape index (κ1) is 15.0. The van der Waals surface area contributed by atoms with Gasteiger partial charge in [-0.1, -0.05) is 25.2 Å². The lowest BCUT2D eigenvalue weighted by Gasteiger charge is -2.03. The number of aliphatic hydroxyl groups excluding tert-OH is 1. The Hall–Kier alpha value is -1.92. The second-order valence-electron chi connectivity index (χ2n) is 5.58. The minimum absolute atomic E-state index is 0.0899. The maximum absolute atomic E-state index is 9.74. The number of nitrogens with zero attached hydrogens (tertiary/aromatic N) is 3. The van der Waals surface area contributed by atoms with Crippen LogP contribution in [0.25, 0.3) is 16.2 Å². The van der Waals surface area contributed by atoms with E-state index in [0.717, 1.165) is 39.1 Å². The van der Waals surface area contributed by atoms with E-state index in [-0.39, 0.29) is 6.61 Å². The topological polar surface area (TPSA) is 59.7 Å². The monoisotopic (exact) mass is 317 g/mol. The zero-order chi connectivity index (χ0) is 15.7. The molecule has 0 amide bonds. The number of benzene rings is 1. The SMILES string of the molecule is COc1ccc(-c2nc3sc(CC(C)C)nn3c2CO)cc1. The fraction of sp³-hybridized carbons (Fsp3) is 0.375. The molecule has 1 aromatic carbocycles. The molecule has 3 rings (SSSR count). The molecule has 2 aromatic heterocycles. The van der Waals surface area contributed by atoms with Gasteiger partial charge in [0.05, 0.1) is 25.1 Å². The lowest BCUT2D eigenvalue weighted by molar-refractivity contribution is 0.275. The van der Waals surface area contributed by atoms with Crippen molar-refractivity contribution in [1.29, 1.82) is 0 Å². The quantitative estimate of drug-likeness (QED) is 0.785. The molecule has 2 heterocycles. The molecular formula is C16H19N3O2S. The minimum Gasteiger partial charge on any atom is -0.497 e. The Morgan fingerprint density at radius 1 is 1.27 bits per heavy atom. The smallest absolute Gasteiger partial charge is 0.213 e. The molecule has 0 spiro atoms. The largest absolute Gasteiger partial charge is 0.497 e. The summed E-state index contributed by atoms with van der Waals surface area (Å²) in [7, 11) is 1.64. The summed E-state index contributed by atoms with van der Waals surface area (Å²) in [6, 6.07) is 7.67. The second-order valence-corrected chi connectivity index (χ2v) is 6.62. The van der Waals surface area contributed by atoms with Crippen molar-refractivity contribution < 1.29 is 9.84 Å². The highest BCUT2D eigenvalue weighted by Crippen LogP contribution is 2.29. The first-order valence-electron chi connectivity index (χ1n) is 7.25. The van der Waals surface area contributed by atoms with Gasteiger partial charge in [-0.3, -0.25) is 0 Å². The number of ether oxygens (including phenoxy) is 1. The average Bonchev–Trinajstić information content (AvgIpc) is 3.03. The van der Waals surface area contributed by atoms with Crippen molar-refractivity contribution in [3.05, 3.63) is 35.0 Å². The van der Waals surface area contributed by atoms with Gasteiger partial charge < -0.3 is 9.84 Å². The third-order valence-corrected chi connectivity index (χ3v) is 4.37. The fourth-order valence-electron chi connectivity index (χ4n) is 2.38. The normalized spacial score (nSPS) is 11.5. The lowest BCUT2D eigenvalue weighted by Crippen LogP contribution is -1.99. The van der Waals surface area contributed by atoms with E-state index < -0.39 is 0 Å². The molecule has 0 aliphatic rings. The summed E-state index contributed by atoms with van der Waals surface area (Å²) < 4.78 is 6.94. The number of hydrogen-bond acceptors (Lipinski definition) is 5. The van der Waals surface area contributed by atoms with Crippen LogP contribution in [0.2, 0.25) is 0 Å². The number of fused-ring (bicyclic) bond motifs is 1. The van der Waals surface area contributed by atoms with Gasteiger partial charge >= 0.3 is 0 Å². The molecule has 6 heteroatoms. The van der Waals surface area contributed by atoms with Crippen LogP contribution in [0.5, 0.6) is 5.75 Å². The van der Waals surface area contributed by atoms with Gasteiger partial charge in [-0.05, 0) is 30.2 Å². The predicted molar refractivity (Wildman–Crippen MR) is 87.3 cm³/mol. The summed E-state index contributed by atoms with van der Waals surface area (Å²) in [5.74, 6) is 1.35. The molecule has 5 nitrogen and oxygen atoms in total. The molecule has 22 heavy (non-hydrogen) atoms. The molecule has 0 saturated carbocycles. The van der Waals surface area contributed by atoms with Crippen molar-refractivity contribution in [3.8, 4) is 17.0 Å². The summed E-state index contributed by atoms with van der Waals surface area (Å²) in [6.07, 6.45) is 0.927.